The SMILES string of the molecule is C=C1NCCCNN1. The predicted octanol–water partition coefficient (Wildman–Crippen LogP) is -0.455. The van der Waals surface area contributed by atoms with Crippen LogP contribution in [-0.2, 0) is 0 Å². The Hall–Kier alpha value is -0.700. The summed E-state index contributed by atoms with van der Waals surface area (Å²) >= 11 is 0. The number of nitrogens with one attached hydrogen (secondary N) is 3. The van der Waals surface area contributed by atoms with Gasteiger partial charge in [-0.1, -0.05) is 6.58 Å². The third-order valence-corrected chi connectivity index (χ3v) is 1.06. The third kappa shape index (κ3) is 1.42. The van der Waals surface area contributed by atoms with Crippen LogP contribution in [-0.4, -0.2) is 13.1 Å². The van der Waals surface area contributed by atoms with Crippen molar-refractivity contribution in [1.29, 1.82) is 0 Å². The Morgan fingerprint density at radius 2 is 2.25 bits per heavy atom. The lowest BCUT2D eigenvalue weighted by atomic mass is 10.4. The Balaban J connectivity index is 2.27. The van der Waals surface area contributed by atoms with Crippen molar-refractivity contribution >= 4 is 0 Å². The van der Waals surface area contributed by atoms with Crippen LogP contribution in [0.5, 0.6) is 0 Å². The Kier molecular flexibility index (Phi) is 1.75. The largest absolute Gasteiger partial charge is 0.371 e. The van der Waals surface area contributed by atoms with Crippen LogP contribution in [0.15, 0.2) is 12.4 Å². The van der Waals surface area contributed by atoms with E-state index in [2.05, 4.69) is 22.7 Å². The second-order valence-corrected chi connectivity index (χ2v) is 1.81. The first-order chi connectivity index (χ1) is 3.89. The second-order valence-electron chi connectivity index (χ2n) is 1.81. The van der Waals surface area contributed by atoms with Crippen LogP contribution in [0.4, 0.5) is 0 Å². The van der Waals surface area contributed by atoms with Crippen LogP contribution in [0.2, 0.25) is 0 Å². The van der Waals surface area contributed by atoms with Crippen molar-refractivity contribution in [2.75, 3.05) is 13.1 Å². The molecule has 0 atom stereocenters. The highest BCUT2D eigenvalue weighted by atomic mass is 15.4. The molecule has 0 aromatic heterocycles. The summed E-state index contributed by atoms with van der Waals surface area (Å²) < 4.78 is 0. The quantitative estimate of drug-likeness (QED) is 0.398. The molecule has 0 radical (unpaired) electrons. The van der Waals surface area contributed by atoms with Gasteiger partial charge < -0.3 is 10.7 Å². The first-order valence-corrected chi connectivity index (χ1v) is 2.81. The molecule has 1 heterocycles. The molecule has 0 saturated carbocycles. The highest BCUT2D eigenvalue weighted by Gasteiger charge is 1.95. The van der Waals surface area contributed by atoms with E-state index in [1.165, 1.54) is 0 Å². The number of rotatable bonds is 0. The van der Waals surface area contributed by atoms with Crippen molar-refractivity contribution in [2.24, 2.45) is 0 Å². The summed E-state index contributed by atoms with van der Waals surface area (Å²) in [6, 6.07) is 0. The van der Waals surface area contributed by atoms with E-state index in [4.69, 9.17) is 0 Å². The van der Waals surface area contributed by atoms with Gasteiger partial charge in [0.15, 0.2) is 0 Å². The molecule has 0 aromatic rings. The maximum atomic E-state index is 3.69. The van der Waals surface area contributed by atoms with Gasteiger partial charge in [0.1, 0.15) is 5.82 Å². The van der Waals surface area contributed by atoms with Crippen molar-refractivity contribution in [3.8, 4) is 0 Å². The molecule has 3 heteroatoms. The van der Waals surface area contributed by atoms with E-state index in [1.54, 1.807) is 0 Å². The molecule has 8 heavy (non-hydrogen) atoms. The van der Waals surface area contributed by atoms with Crippen molar-refractivity contribution in [3.05, 3.63) is 12.4 Å². The van der Waals surface area contributed by atoms with Gasteiger partial charge in [-0.15, -0.1) is 0 Å². The van der Waals surface area contributed by atoms with Gasteiger partial charge in [-0.2, -0.15) is 0 Å². The molecule has 46 valence electrons. The van der Waals surface area contributed by atoms with Crippen molar-refractivity contribution in [3.63, 3.8) is 0 Å². The molecular weight excluding hydrogens is 102 g/mol. The highest BCUT2D eigenvalue weighted by molar-refractivity contribution is 4.87. The minimum absolute atomic E-state index is 0.863. The Labute approximate surface area is 49.1 Å². The van der Waals surface area contributed by atoms with E-state index >= 15 is 0 Å². The standard InChI is InChI=1S/C5H11N3/c1-5-6-3-2-4-7-8-5/h6-8H,1-4H2. The molecule has 1 fully saturated rings. The maximum absolute atomic E-state index is 3.69. The van der Waals surface area contributed by atoms with Gasteiger partial charge in [0.05, 0.1) is 0 Å². The van der Waals surface area contributed by atoms with Gasteiger partial charge in [-0.3, -0.25) is 0 Å². The summed E-state index contributed by atoms with van der Waals surface area (Å²) in [5.74, 6) is 0.863. The van der Waals surface area contributed by atoms with E-state index < -0.39 is 0 Å². The fraction of sp³-hybridized carbons (Fsp3) is 0.600. The molecule has 3 N–H and O–H groups in total. The molecule has 1 saturated heterocycles. The minimum Gasteiger partial charge on any atom is -0.371 e. The van der Waals surface area contributed by atoms with Gasteiger partial charge in [0, 0.05) is 13.1 Å². The summed E-state index contributed by atoms with van der Waals surface area (Å²) in [7, 11) is 0. The van der Waals surface area contributed by atoms with E-state index in [9.17, 15) is 0 Å². The zero-order valence-electron chi connectivity index (χ0n) is 4.83. The minimum atomic E-state index is 0.863. The molecule has 0 spiro atoms. The van der Waals surface area contributed by atoms with E-state index in [0.29, 0.717) is 0 Å². The normalized spacial score (nSPS) is 20.8. The predicted molar refractivity (Wildman–Crippen MR) is 32.9 cm³/mol. The molecule has 0 unspecified atom stereocenters. The lowest BCUT2D eigenvalue weighted by Crippen LogP contribution is -2.32. The van der Waals surface area contributed by atoms with Crippen LogP contribution in [0.3, 0.4) is 0 Å². The van der Waals surface area contributed by atoms with E-state index in [1.807, 2.05) is 0 Å². The van der Waals surface area contributed by atoms with Crippen molar-refractivity contribution in [2.45, 2.75) is 6.42 Å². The van der Waals surface area contributed by atoms with Gasteiger partial charge in [-0.05, 0) is 6.42 Å². The van der Waals surface area contributed by atoms with E-state index in [0.717, 1.165) is 25.3 Å². The average molecular weight is 113 g/mol. The third-order valence-electron chi connectivity index (χ3n) is 1.06. The maximum Gasteiger partial charge on any atom is 0.106 e. The molecule has 0 aliphatic carbocycles. The highest BCUT2D eigenvalue weighted by Crippen LogP contribution is 1.81. The van der Waals surface area contributed by atoms with Gasteiger partial charge in [0.25, 0.3) is 0 Å². The van der Waals surface area contributed by atoms with Crippen molar-refractivity contribution in [1.82, 2.24) is 16.2 Å². The van der Waals surface area contributed by atoms with Gasteiger partial charge in [-0.25, -0.2) is 5.43 Å². The Morgan fingerprint density at radius 1 is 1.38 bits per heavy atom. The average Bonchev–Trinajstić information content (AvgIpc) is 1.94. The fourth-order valence-corrected chi connectivity index (χ4v) is 0.629. The number of hydrazine groups is 1. The first-order valence-electron chi connectivity index (χ1n) is 2.81. The monoisotopic (exact) mass is 113 g/mol. The Morgan fingerprint density at radius 3 is 3.12 bits per heavy atom. The molecule has 0 amide bonds. The Bertz CT molecular complexity index is 79.7. The summed E-state index contributed by atoms with van der Waals surface area (Å²) in [6.45, 7) is 5.71. The van der Waals surface area contributed by atoms with Crippen LogP contribution >= 0.6 is 0 Å². The fourth-order valence-electron chi connectivity index (χ4n) is 0.629. The molecule has 0 bridgehead atoms. The molecule has 1 rings (SSSR count). The van der Waals surface area contributed by atoms with Gasteiger partial charge >= 0.3 is 0 Å². The summed E-state index contributed by atoms with van der Waals surface area (Å²) in [6.07, 6.45) is 1.14. The summed E-state index contributed by atoms with van der Waals surface area (Å²) in [5.41, 5.74) is 5.87. The zero-order valence-corrected chi connectivity index (χ0v) is 4.83. The molecule has 0 aromatic carbocycles. The van der Waals surface area contributed by atoms with Crippen LogP contribution < -0.4 is 16.2 Å². The number of hydrogen-bond donors (Lipinski definition) is 3. The van der Waals surface area contributed by atoms with Crippen LogP contribution in [0.25, 0.3) is 0 Å². The molecular formula is C5H11N3. The number of hydrogen-bond acceptors (Lipinski definition) is 3. The van der Waals surface area contributed by atoms with E-state index in [-0.39, 0.29) is 0 Å². The van der Waals surface area contributed by atoms with Gasteiger partial charge in [0.2, 0.25) is 0 Å². The van der Waals surface area contributed by atoms with Crippen molar-refractivity contribution < 1.29 is 0 Å². The lowest BCUT2D eigenvalue weighted by molar-refractivity contribution is 0.618. The second kappa shape index (κ2) is 2.57. The van der Waals surface area contributed by atoms with Crippen LogP contribution in [0.1, 0.15) is 6.42 Å². The summed E-state index contributed by atoms with van der Waals surface area (Å²) in [4.78, 5) is 0. The topological polar surface area (TPSA) is 36.1 Å². The zero-order chi connectivity index (χ0) is 5.82. The lowest BCUT2D eigenvalue weighted by Gasteiger charge is -2.03. The van der Waals surface area contributed by atoms with Crippen LogP contribution in [0, 0.1) is 0 Å². The smallest absolute Gasteiger partial charge is 0.106 e. The first kappa shape index (κ1) is 5.44. The molecule has 1 aliphatic rings. The molecule has 1 aliphatic heterocycles. The molecule has 3 nitrogen and oxygen atoms in total. The summed E-state index contributed by atoms with van der Waals surface area (Å²) in [5, 5.41) is 3.08.